The lowest BCUT2D eigenvalue weighted by atomic mass is 10.0. The van der Waals surface area contributed by atoms with Crippen LogP contribution < -0.4 is 0 Å². The molecule has 0 aliphatic carbocycles. The highest BCUT2D eigenvalue weighted by molar-refractivity contribution is 6.09. The van der Waals surface area contributed by atoms with Crippen molar-refractivity contribution in [1.82, 2.24) is 4.90 Å². The molecule has 0 amide bonds. The van der Waals surface area contributed by atoms with Crippen LogP contribution in [0.4, 0.5) is 0 Å². The maximum Gasteiger partial charge on any atom is 0.336 e. The van der Waals surface area contributed by atoms with Crippen LogP contribution in [-0.2, 0) is 4.79 Å². The summed E-state index contributed by atoms with van der Waals surface area (Å²) in [7, 11) is 0. The van der Waals surface area contributed by atoms with Crippen molar-refractivity contribution in [3.8, 4) is 0 Å². The van der Waals surface area contributed by atoms with E-state index in [1.165, 1.54) is 11.8 Å². The molecule has 0 saturated carbocycles. The molecule has 2 bridgehead atoms. The highest BCUT2D eigenvalue weighted by atomic mass is 16.4. The van der Waals surface area contributed by atoms with Crippen LogP contribution in [0, 0.1) is 6.92 Å². The van der Waals surface area contributed by atoms with E-state index in [1.807, 2.05) is 0 Å². The SMILES string of the molecule is Cc1ccc(C2=NC3C=C(C(=O)O)C=NC(C3)N2C(C)C)cc1. The highest BCUT2D eigenvalue weighted by Crippen LogP contribution is 2.27. The largest absolute Gasteiger partial charge is 0.478 e. The van der Waals surface area contributed by atoms with Crippen molar-refractivity contribution in [2.24, 2.45) is 9.98 Å². The third-order valence-corrected chi connectivity index (χ3v) is 4.18. The Bertz CT molecular complexity index is 701. The number of carboxylic acids is 1. The van der Waals surface area contributed by atoms with Crippen LogP contribution in [-0.4, -0.2) is 46.3 Å². The van der Waals surface area contributed by atoms with Crippen LogP contribution in [0.15, 0.2) is 45.9 Å². The number of hydrogen-bond donors (Lipinski definition) is 1. The Labute approximate surface area is 136 Å². The summed E-state index contributed by atoms with van der Waals surface area (Å²) in [5, 5.41) is 9.25. The van der Waals surface area contributed by atoms with Crippen molar-refractivity contribution in [3.05, 3.63) is 47.0 Å². The van der Waals surface area contributed by atoms with E-state index >= 15 is 0 Å². The van der Waals surface area contributed by atoms with Gasteiger partial charge in [0.1, 0.15) is 12.0 Å². The summed E-state index contributed by atoms with van der Waals surface area (Å²) in [6.45, 7) is 6.27. The first kappa shape index (κ1) is 15.5. The van der Waals surface area contributed by atoms with E-state index in [4.69, 9.17) is 4.99 Å². The van der Waals surface area contributed by atoms with Gasteiger partial charge in [0.05, 0.1) is 11.6 Å². The minimum atomic E-state index is -0.954. The van der Waals surface area contributed by atoms with Crippen molar-refractivity contribution in [3.63, 3.8) is 0 Å². The van der Waals surface area contributed by atoms with Crippen molar-refractivity contribution < 1.29 is 9.90 Å². The fourth-order valence-corrected chi connectivity index (χ4v) is 3.04. The lowest BCUT2D eigenvalue weighted by Gasteiger charge is -2.39. The van der Waals surface area contributed by atoms with Crippen molar-refractivity contribution in [2.75, 3.05) is 0 Å². The summed E-state index contributed by atoms with van der Waals surface area (Å²) in [4.78, 5) is 22.8. The number of carbonyl (C=O) groups is 1. The first-order valence-electron chi connectivity index (χ1n) is 7.87. The number of aliphatic carboxylic acids is 1. The molecule has 5 heteroatoms. The van der Waals surface area contributed by atoms with Gasteiger partial charge in [0.15, 0.2) is 0 Å². The molecule has 1 aromatic carbocycles. The lowest BCUT2D eigenvalue weighted by molar-refractivity contribution is -0.132. The Balaban J connectivity index is 2.07. The van der Waals surface area contributed by atoms with E-state index in [1.54, 1.807) is 6.08 Å². The molecule has 2 unspecified atom stereocenters. The van der Waals surface area contributed by atoms with E-state index in [0.717, 1.165) is 11.4 Å². The molecule has 1 aromatic rings. The number of fused-ring (bicyclic) bond motifs is 2. The molecule has 0 aromatic heterocycles. The van der Waals surface area contributed by atoms with Crippen LogP contribution in [0.25, 0.3) is 0 Å². The van der Waals surface area contributed by atoms with Crippen LogP contribution in [0.2, 0.25) is 0 Å². The van der Waals surface area contributed by atoms with E-state index in [-0.39, 0.29) is 23.8 Å². The zero-order valence-electron chi connectivity index (χ0n) is 13.6. The summed E-state index contributed by atoms with van der Waals surface area (Å²) in [5.41, 5.74) is 2.46. The fraction of sp³-hybridized carbons (Fsp3) is 0.389. The van der Waals surface area contributed by atoms with Crippen LogP contribution in [0.3, 0.4) is 0 Å². The first-order chi connectivity index (χ1) is 11.0. The van der Waals surface area contributed by atoms with Gasteiger partial charge in [0.25, 0.3) is 0 Å². The Morgan fingerprint density at radius 3 is 2.61 bits per heavy atom. The molecular weight excluding hydrogens is 290 g/mol. The number of nitrogens with zero attached hydrogens (tertiary/aromatic N) is 3. The van der Waals surface area contributed by atoms with Gasteiger partial charge in [-0.1, -0.05) is 29.8 Å². The molecule has 5 nitrogen and oxygen atoms in total. The predicted molar refractivity (Wildman–Crippen MR) is 91.1 cm³/mol. The van der Waals surface area contributed by atoms with E-state index in [2.05, 4.69) is 54.9 Å². The fourth-order valence-electron chi connectivity index (χ4n) is 3.04. The molecule has 120 valence electrons. The Morgan fingerprint density at radius 1 is 1.30 bits per heavy atom. The summed E-state index contributed by atoms with van der Waals surface area (Å²) in [5.74, 6) is -0.0641. The van der Waals surface area contributed by atoms with Crippen molar-refractivity contribution >= 4 is 18.0 Å². The standard InChI is InChI=1S/C18H21N3O2/c1-11(2)21-16-9-15(8-14(10-19-16)18(22)23)20-17(21)13-6-4-12(3)5-7-13/h4-8,10-11,15-16H,9H2,1-3H3,(H,22,23). The maximum atomic E-state index is 11.3. The minimum Gasteiger partial charge on any atom is -0.478 e. The van der Waals surface area contributed by atoms with Crippen molar-refractivity contribution in [1.29, 1.82) is 0 Å². The summed E-state index contributed by atoms with van der Waals surface area (Å²) >= 11 is 0. The van der Waals surface area contributed by atoms with Crippen LogP contribution >= 0.6 is 0 Å². The molecule has 2 aliphatic heterocycles. The number of aryl methyl sites for hydroxylation is 1. The number of amidine groups is 1. The predicted octanol–water partition coefficient (Wildman–Crippen LogP) is 2.65. The highest BCUT2D eigenvalue weighted by Gasteiger charge is 2.33. The molecule has 0 saturated heterocycles. The smallest absolute Gasteiger partial charge is 0.336 e. The van der Waals surface area contributed by atoms with Gasteiger partial charge in [0, 0.05) is 24.2 Å². The number of aliphatic imine (C=N–C) groups is 2. The number of carboxylic acid groups (broad SMARTS) is 1. The minimum absolute atomic E-state index is 0.0816. The van der Waals surface area contributed by atoms with Crippen LogP contribution in [0.1, 0.15) is 31.4 Å². The zero-order chi connectivity index (χ0) is 16.6. The molecule has 1 N–H and O–H groups in total. The third-order valence-electron chi connectivity index (χ3n) is 4.18. The number of hydrogen-bond acceptors (Lipinski definition) is 4. The monoisotopic (exact) mass is 311 g/mol. The molecule has 3 rings (SSSR count). The maximum absolute atomic E-state index is 11.3. The van der Waals surface area contributed by atoms with E-state index in [9.17, 15) is 9.90 Å². The Hall–Kier alpha value is -2.43. The average molecular weight is 311 g/mol. The van der Waals surface area contributed by atoms with Gasteiger partial charge in [-0.25, -0.2) is 4.79 Å². The van der Waals surface area contributed by atoms with E-state index < -0.39 is 5.97 Å². The average Bonchev–Trinajstić information content (AvgIpc) is 2.66. The molecule has 0 spiro atoms. The second-order valence-electron chi connectivity index (χ2n) is 6.31. The Morgan fingerprint density at radius 2 is 2.00 bits per heavy atom. The summed E-state index contributed by atoms with van der Waals surface area (Å²) < 4.78 is 0. The summed E-state index contributed by atoms with van der Waals surface area (Å²) in [6, 6.07) is 8.33. The second-order valence-corrected chi connectivity index (χ2v) is 6.31. The topological polar surface area (TPSA) is 65.3 Å². The van der Waals surface area contributed by atoms with Gasteiger partial charge in [-0.2, -0.15) is 0 Å². The number of rotatable bonds is 3. The molecule has 2 atom stereocenters. The van der Waals surface area contributed by atoms with Gasteiger partial charge in [0.2, 0.25) is 0 Å². The number of benzene rings is 1. The van der Waals surface area contributed by atoms with Gasteiger partial charge in [-0.05, 0) is 26.8 Å². The zero-order valence-corrected chi connectivity index (χ0v) is 13.6. The first-order valence-corrected chi connectivity index (χ1v) is 7.87. The van der Waals surface area contributed by atoms with Gasteiger partial charge in [-0.15, -0.1) is 0 Å². The molecule has 2 heterocycles. The van der Waals surface area contributed by atoms with E-state index in [0.29, 0.717) is 6.42 Å². The normalized spacial score (nSPS) is 23.4. The molecule has 2 aliphatic rings. The van der Waals surface area contributed by atoms with Gasteiger partial charge >= 0.3 is 5.97 Å². The molecule has 23 heavy (non-hydrogen) atoms. The Kier molecular flexibility index (Phi) is 4.03. The van der Waals surface area contributed by atoms with Crippen molar-refractivity contribution in [2.45, 2.75) is 45.4 Å². The van der Waals surface area contributed by atoms with Gasteiger partial charge in [-0.3, -0.25) is 9.98 Å². The quantitative estimate of drug-likeness (QED) is 0.933. The van der Waals surface area contributed by atoms with Gasteiger partial charge < -0.3 is 10.0 Å². The second kappa shape index (κ2) is 5.99. The molecular formula is C18H21N3O2. The lowest BCUT2D eigenvalue weighted by Crippen LogP contribution is -2.48. The molecule has 0 fully saturated rings. The van der Waals surface area contributed by atoms with Crippen LogP contribution in [0.5, 0.6) is 0 Å². The summed E-state index contributed by atoms with van der Waals surface area (Å²) in [6.07, 6.45) is 3.80. The molecule has 0 radical (unpaired) electrons. The third kappa shape index (κ3) is 3.04.